The van der Waals surface area contributed by atoms with E-state index in [1.54, 1.807) is 0 Å². The summed E-state index contributed by atoms with van der Waals surface area (Å²) in [6.07, 6.45) is 5.90. The lowest BCUT2D eigenvalue weighted by molar-refractivity contribution is -0.168. The summed E-state index contributed by atoms with van der Waals surface area (Å²) < 4.78 is 18.0. The molecule has 0 amide bonds. The molecule has 1 N–H and O–H groups in total. The maximum atomic E-state index is 12.6. The first kappa shape index (κ1) is 22.1. The Bertz CT molecular complexity index is 1030. The van der Waals surface area contributed by atoms with Crippen molar-refractivity contribution in [3.63, 3.8) is 0 Å². The molecule has 2 aliphatic carbocycles. The normalized spacial score (nSPS) is 27.3. The Morgan fingerprint density at radius 3 is 2.42 bits per heavy atom. The minimum absolute atomic E-state index is 0.0206. The SMILES string of the molecule is Cc1noc(C23CCC(c4ccc(CC(=O)O)cc4)(CC2)OC3)c1CC(=O)O[C@H](C)C1CC1. The number of aromatic nitrogens is 1. The predicted molar refractivity (Wildman–Crippen MR) is 119 cm³/mol. The Labute approximate surface area is 193 Å². The van der Waals surface area contributed by atoms with Crippen LogP contribution in [-0.4, -0.2) is 34.9 Å². The summed E-state index contributed by atoms with van der Waals surface area (Å²) in [5.41, 5.74) is 2.84. The van der Waals surface area contributed by atoms with Gasteiger partial charge in [-0.2, -0.15) is 0 Å². The number of carboxylic acids is 1. The fourth-order valence-electron chi connectivity index (χ4n) is 5.53. The molecule has 4 aliphatic rings. The highest BCUT2D eigenvalue weighted by atomic mass is 16.5. The number of aliphatic carboxylic acids is 1. The summed E-state index contributed by atoms with van der Waals surface area (Å²) >= 11 is 0. The van der Waals surface area contributed by atoms with Gasteiger partial charge in [0, 0.05) is 5.56 Å². The van der Waals surface area contributed by atoms with Crippen molar-refractivity contribution in [3.05, 3.63) is 52.4 Å². The van der Waals surface area contributed by atoms with Gasteiger partial charge in [-0.1, -0.05) is 29.4 Å². The van der Waals surface area contributed by atoms with Crippen molar-refractivity contribution < 1.29 is 28.7 Å². The molecule has 1 atom stereocenters. The summed E-state index contributed by atoms with van der Waals surface area (Å²) in [5, 5.41) is 13.2. The molecular formula is C26H31NO6. The van der Waals surface area contributed by atoms with E-state index in [1.807, 2.05) is 38.1 Å². The molecule has 1 aromatic carbocycles. The van der Waals surface area contributed by atoms with Crippen LogP contribution in [0.25, 0.3) is 0 Å². The van der Waals surface area contributed by atoms with Gasteiger partial charge in [-0.05, 0) is 69.4 Å². The Kier molecular flexibility index (Phi) is 5.55. The van der Waals surface area contributed by atoms with Gasteiger partial charge in [-0.15, -0.1) is 0 Å². The summed E-state index contributed by atoms with van der Waals surface area (Å²) in [6.45, 7) is 4.37. The van der Waals surface area contributed by atoms with Crippen molar-refractivity contribution >= 4 is 11.9 Å². The number of fused-ring (bicyclic) bond motifs is 3. The van der Waals surface area contributed by atoms with Gasteiger partial charge in [0.15, 0.2) is 0 Å². The van der Waals surface area contributed by atoms with Crippen molar-refractivity contribution in [2.24, 2.45) is 5.92 Å². The monoisotopic (exact) mass is 453 g/mol. The zero-order valence-corrected chi connectivity index (χ0v) is 19.3. The molecule has 2 aromatic rings. The van der Waals surface area contributed by atoms with Crippen LogP contribution in [-0.2, 0) is 42.9 Å². The van der Waals surface area contributed by atoms with Crippen molar-refractivity contribution in [1.29, 1.82) is 0 Å². The molecule has 2 aliphatic heterocycles. The van der Waals surface area contributed by atoms with E-state index in [0.29, 0.717) is 12.5 Å². The van der Waals surface area contributed by atoms with Crippen LogP contribution in [0.1, 0.15) is 73.6 Å². The number of esters is 1. The average molecular weight is 454 g/mol. The van der Waals surface area contributed by atoms with E-state index in [2.05, 4.69) is 5.16 Å². The zero-order valence-electron chi connectivity index (χ0n) is 19.3. The van der Waals surface area contributed by atoms with Gasteiger partial charge in [0.25, 0.3) is 0 Å². The second-order valence-corrected chi connectivity index (χ2v) is 10.1. The first-order valence-corrected chi connectivity index (χ1v) is 11.9. The molecule has 2 saturated carbocycles. The lowest BCUT2D eigenvalue weighted by Gasteiger charge is -2.52. The maximum Gasteiger partial charge on any atom is 0.310 e. The quantitative estimate of drug-likeness (QED) is 0.597. The summed E-state index contributed by atoms with van der Waals surface area (Å²) in [5.74, 6) is 0.233. The lowest BCUT2D eigenvalue weighted by Crippen LogP contribution is -2.51. The summed E-state index contributed by atoms with van der Waals surface area (Å²) in [6, 6.07) is 7.75. The van der Waals surface area contributed by atoms with E-state index in [4.69, 9.17) is 19.1 Å². The number of hydrogen-bond acceptors (Lipinski definition) is 6. The van der Waals surface area contributed by atoms with Crippen LogP contribution >= 0.6 is 0 Å². The molecule has 33 heavy (non-hydrogen) atoms. The number of rotatable bonds is 8. The number of ether oxygens (including phenoxy) is 2. The van der Waals surface area contributed by atoms with E-state index in [1.165, 1.54) is 0 Å². The minimum Gasteiger partial charge on any atom is -0.481 e. The smallest absolute Gasteiger partial charge is 0.310 e. The third-order valence-corrected chi connectivity index (χ3v) is 7.87. The number of carbonyl (C=O) groups is 2. The Morgan fingerprint density at radius 1 is 1.15 bits per heavy atom. The lowest BCUT2D eigenvalue weighted by atomic mass is 9.62. The molecule has 3 heterocycles. The summed E-state index contributed by atoms with van der Waals surface area (Å²) in [4.78, 5) is 23.6. The fourth-order valence-corrected chi connectivity index (χ4v) is 5.53. The number of carbonyl (C=O) groups excluding carboxylic acids is 1. The first-order chi connectivity index (χ1) is 15.8. The van der Waals surface area contributed by atoms with Crippen LogP contribution in [0.5, 0.6) is 0 Å². The molecule has 7 heteroatoms. The van der Waals surface area contributed by atoms with E-state index in [-0.39, 0.29) is 35.9 Å². The van der Waals surface area contributed by atoms with Crippen LogP contribution in [0, 0.1) is 12.8 Å². The van der Waals surface area contributed by atoms with E-state index in [9.17, 15) is 9.59 Å². The highest BCUT2D eigenvalue weighted by molar-refractivity contribution is 5.73. The largest absolute Gasteiger partial charge is 0.481 e. The molecule has 2 saturated heterocycles. The molecule has 0 unspecified atom stereocenters. The molecule has 0 radical (unpaired) electrons. The van der Waals surface area contributed by atoms with Crippen molar-refractivity contribution in [3.8, 4) is 0 Å². The van der Waals surface area contributed by atoms with Crippen LogP contribution in [0.2, 0.25) is 0 Å². The van der Waals surface area contributed by atoms with Crippen LogP contribution in [0.15, 0.2) is 28.8 Å². The molecule has 176 valence electrons. The van der Waals surface area contributed by atoms with Crippen LogP contribution in [0.4, 0.5) is 0 Å². The third kappa shape index (κ3) is 4.19. The minimum atomic E-state index is -0.832. The first-order valence-electron chi connectivity index (χ1n) is 11.9. The van der Waals surface area contributed by atoms with E-state index >= 15 is 0 Å². The van der Waals surface area contributed by atoms with Gasteiger partial charge in [-0.25, -0.2) is 0 Å². The van der Waals surface area contributed by atoms with Crippen molar-refractivity contribution in [2.75, 3.05) is 6.61 Å². The Hall–Kier alpha value is -2.67. The molecule has 1 aromatic heterocycles. The van der Waals surface area contributed by atoms with Gasteiger partial charge in [0.05, 0.1) is 36.2 Å². The number of hydrogen-bond donors (Lipinski definition) is 1. The van der Waals surface area contributed by atoms with Crippen LogP contribution < -0.4 is 0 Å². The number of nitrogens with zero attached hydrogens (tertiary/aromatic N) is 1. The van der Waals surface area contributed by atoms with E-state index < -0.39 is 5.97 Å². The van der Waals surface area contributed by atoms with Crippen LogP contribution in [0.3, 0.4) is 0 Å². The molecule has 2 bridgehead atoms. The zero-order chi connectivity index (χ0) is 23.2. The molecular weight excluding hydrogens is 422 g/mol. The number of carboxylic acid groups (broad SMARTS) is 1. The highest BCUT2D eigenvalue weighted by Gasteiger charge is 2.54. The van der Waals surface area contributed by atoms with Gasteiger partial charge < -0.3 is 19.1 Å². The maximum absolute atomic E-state index is 12.6. The highest BCUT2D eigenvalue weighted by Crippen LogP contribution is 2.55. The van der Waals surface area contributed by atoms with Gasteiger partial charge in [0.1, 0.15) is 11.9 Å². The molecule has 4 fully saturated rings. The van der Waals surface area contributed by atoms with Gasteiger partial charge in [-0.3, -0.25) is 9.59 Å². The average Bonchev–Trinajstić information content (AvgIpc) is 3.59. The fraction of sp³-hybridized carbons (Fsp3) is 0.577. The second-order valence-electron chi connectivity index (χ2n) is 10.1. The Morgan fingerprint density at radius 2 is 1.85 bits per heavy atom. The topological polar surface area (TPSA) is 98.9 Å². The standard InChI is InChI=1S/C26H31NO6/c1-16-21(14-23(30)32-17(2)19-5-6-19)24(33-27-16)25-9-11-26(12-10-25,31-15-25)20-7-3-18(4-8-20)13-22(28)29/h3-4,7-8,17,19H,5-6,9-15H2,1-2H3,(H,28,29)/t17-,25?,26?/m1/s1. The summed E-state index contributed by atoms with van der Waals surface area (Å²) in [7, 11) is 0. The third-order valence-electron chi connectivity index (χ3n) is 7.87. The second kappa shape index (κ2) is 8.28. The van der Waals surface area contributed by atoms with Crippen molar-refractivity contribution in [2.45, 2.75) is 82.3 Å². The molecule has 7 nitrogen and oxygen atoms in total. The number of aryl methyl sites for hydroxylation is 1. The number of benzene rings is 1. The van der Waals surface area contributed by atoms with Gasteiger partial charge in [0.2, 0.25) is 0 Å². The Balaban J connectivity index is 1.30. The molecule has 0 spiro atoms. The van der Waals surface area contributed by atoms with Gasteiger partial charge >= 0.3 is 11.9 Å². The predicted octanol–water partition coefficient (Wildman–Crippen LogP) is 4.23. The van der Waals surface area contributed by atoms with E-state index in [0.717, 1.165) is 66.7 Å². The molecule has 6 rings (SSSR count). The van der Waals surface area contributed by atoms with Crippen molar-refractivity contribution in [1.82, 2.24) is 5.16 Å².